The first kappa shape index (κ1) is 11.4. The standard InChI is InChI=1S/C8H17NO3/c1-6(2)7(5-12-3)9-4-8(10)11/h6-7,9H,4-5H2,1-3H3,(H,10,11). The molecule has 0 aliphatic rings. The molecule has 2 N–H and O–H groups in total. The zero-order valence-corrected chi connectivity index (χ0v) is 7.83. The van der Waals surface area contributed by atoms with Crippen LogP contribution in [0, 0.1) is 5.92 Å². The van der Waals surface area contributed by atoms with Crippen molar-refractivity contribution < 1.29 is 14.6 Å². The molecule has 0 bridgehead atoms. The van der Waals surface area contributed by atoms with Crippen molar-refractivity contribution >= 4 is 5.97 Å². The molecule has 0 fully saturated rings. The molecule has 1 atom stereocenters. The molecule has 1 unspecified atom stereocenters. The van der Waals surface area contributed by atoms with E-state index in [2.05, 4.69) is 5.32 Å². The minimum Gasteiger partial charge on any atom is -0.480 e. The number of hydrogen-bond donors (Lipinski definition) is 2. The first-order chi connectivity index (χ1) is 5.57. The molecule has 0 saturated carbocycles. The van der Waals surface area contributed by atoms with Crippen LogP contribution in [0.15, 0.2) is 0 Å². The molecule has 4 heteroatoms. The van der Waals surface area contributed by atoms with E-state index < -0.39 is 5.97 Å². The van der Waals surface area contributed by atoms with Gasteiger partial charge in [0.1, 0.15) is 0 Å². The van der Waals surface area contributed by atoms with Crippen LogP contribution in [0.1, 0.15) is 13.8 Å². The first-order valence-electron chi connectivity index (χ1n) is 4.02. The van der Waals surface area contributed by atoms with E-state index in [-0.39, 0.29) is 12.6 Å². The quantitative estimate of drug-likeness (QED) is 0.611. The molecule has 0 aromatic rings. The van der Waals surface area contributed by atoms with Gasteiger partial charge in [-0.1, -0.05) is 13.8 Å². The smallest absolute Gasteiger partial charge is 0.317 e. The van der Waals surface area contributed by atoms with Gasteiger partial charge in [-0.05, 0) is 5.92 Å². The third-order valence-corrected chi connectivity index (χ3v) is 1.67. The highest BCUT2D eigenvalue weighted by Gasteiger charge is 2.12. The maximum absolute atomic E-state index is 10.2. The summed E-state index contributed by atoms with van der Waals surface area (Å²) in [5.41, 5.74) is 0. The Morgan fingerprint density at radius 1 is 1.58 bits per heavy atom. The Hall–Kier alpha value is -0.610. The van der Waals surface area contributed by atoms with E-state index >= 15 is 0 Å². The minimum atomic E-state index is -0.836. The topological polar surface area (TPSA) is 58.6 Å². The average Bonchev–Trinajstić information content (AvgIpc) is 1.96. The van der Waals surface area contributed by atoms with Crippen molar-refractivity contribution in [2.45, 2.75) is 19.9 Å². The molecule has 0 spiro atoms. The Morgan fingerprint density at radius 3 is 2.50 bits per heavy atom. The van der Waals surface area contributed by atoms with Crippen molar-refractivity contribution in [1.29, 1.82) is 0 Å². The fraction of sp³-hybridized carbons (Fsp3) is 0.875. The van der Waals surface area contributed by atoms with Crippen molar-refractivity contribution in [2.24, 2.45) is 5.92 Å². The van der Waals surface area contributed by atoms with Gasteiger partial charge in [0.2, 0.25) is 0 Å². The summed E-state index contributed by atoms with van der Waals surface area (Å²) >= 11 is 0. The molecule has 0 heterocycles. The van der Waals surface area contributed by atoms with Gasteiger partial charge in [0.15, 0.2) is 0 Å². The molecule has 12 heavy (non-hydrogen) atoms. The van der Waals surface area contributed by atoms with E-state index in [0.717, 1.165) is 0 Å². The predicted molar refractivity (Wildman–Crippen MR) is 46.1 cm³/mol. The SMILES string of the molecule is COCC(NCC(=O)O)C(C)C. The molecule has 0 rings (SSSR count). The number of aliphatic carboxylic acids is 1. The zero-order chi connectivity index (χ0) is 9.56. The van der Waals surface area contributed by atoms with Crippen molar-refractivity contribution in [3.63, 3.8) is 0 Å². The fourth-order valence-electron chi connectivity index (χ4n) is 0.885. The van der Waals surface area contributed by atoms with Gasteiger partial charge in [0.05, 0.1) is 13.2 Å². The highest BCUT2D eigenvalue weighted by molar-refractivity contribution is 5.69. The lowest BCUT2D eigenvalue weighted by Crippen LogP contribution is -2.40. The van der Waals surface area contributed by atoms with E-state index in [1.807, 2.05) is 13.8 Å². The summed E-state index contributed by atoms with van der Waals surface area (Å²) in [7, 11) is 1.61. The zero-order valence-electron chi connectivity index (χ0n) is 7.83. The number of nitrogens with one attached hydrogen (secondary N) is 1. The lowest BCUT2D eigenvalue weighted by molar-refractivity contribution is -0.136. The lowest BCUT2D eigenvalue weighted by atomic mass is 10.1. The maximum atomic E-state index is 10.2. The van der Waals surface area contributed by atoms with E-state index in [1.54, 1.807) is 7.11 Å². The van der Waals surface area contributed by atoms with Crippen LogP contribution in [0.2, 0.25) is 0 Å². The Bertz CT molecular complexity index is 136. The summed E-state index contributed by atoms with van der Waals surface area (Å²) in [6, 6.07) is 0.117. The highest BCUT2D eigenvalue weighted by Crippen LogP contribution is 2.00. The summed E-state index contributed by atoms with van der Waals surface area (Å²) in [5.74, 6) is -0.457. The summed E-state index contributed by atoms with van der Waals surface area (Å²) < 4.78 is 4.94. The van der Waals surface area contributed by atoms with Crippen LogP contribution in [-0.4, -0.2) is 37.4 Å². The summed E-state index contributed by atoms with van der Waals surface area (Å²) in [4.78, 5) is 10.2. The highest BCUT2D eigenvalue weighted by atomic mass is 16.5. The molecule has 0 aliphatic carbocycles. The molecular formula is C8H17NO3. The number of carbonyl (C=O) groups is 1. The van der Waals surface area contributed by atoms with Crippen molar-refractivity contribution in [3.05, 3.63) is 0 Å². The van der Waals surface area contributed by atoms with E-state index in [4.69, 9.17) is 9.84 Å². The third-order valence-electron chi connectivity index (χ3n) is 1.67. The Kier molecular flexibility index (Phi) is 5.66. The van der Waals surface area contributed by atoms with Gasteiger partial charge in [-0.3, -0.25) is 4.79 Å². The molecule has 0 aliphatic heterocycles. The number of hydrogen-bond acceptors (Lipinski definition) is 3. The minimum absolute atomic E-state index is 0.00773. The summed E-state index contributed by atoms with van der Waals surface area (Å²) in [6.45, 7) is 4.59. The second kappa shape index (κ2) is 5.97. The molecule has 0 saturated heterocycles. The van der Waals surface area contributed by atoms with Gasteiger partial charge < -0.3 is 15.2 Å². The number of methoxy groups -OCH3 is 1. The van der Waals surface area contributed by atoms with Crippen LogP contribution in [0.3, 0.4) is 0 Å². The van der Waals surface area contributed by atoms with Crippen molar-refractivity contribution in [3.8, 4) is 0 Å². The van der Waals surface area contributed by atoms with Gasteiger partial charge >= 0.3 is 5.97 Å². The fourth-order valence-corrected chi connectivity index (χ4v) is 0.885. The molecular weight excluding hydrogens is 158 g/mol. The van der Waals surface area contributed by atoms with Crippen LogP contribution in [0.25, 0.3) is 0 Å². The van der Waals surface area contributed by atoms with Gasteiger partial charge in [0, 0.05) is 13.2 Å². The normalized spacial score (nSPS) is 13.3. The Balaban J connectivity index is 3.70. The van der Waals surface area contributed by atoms with E-state index in [1.165, 1.54) is 0 Å². The summed E-state index contributed by atoms with van der Waals surface area (Å²) in [6.07, 6.45) is 0. The number of rotatable bonds is 6. The molecule has 4 nitrogen and oxygen atoms in total. The largest absolute Gasteiger partial charge is 0.480 e. The van der Waals surface area contributed by atoms with Gasteiger partial charge in [0.25, 0.3) is 0 Å². The molecule has 72 valence electrons. The third kappa shape index (κ3) is 5.09. The van der Waals surface area contributed by atoms with Crippen LogP contribution in [0.4, 0.5) is 0 Å². The predicted octanol–water partition coefficient (Wildman–Crippen LogP) is 0.332. The van der Waals surface area contributed by atoms with Crippen molar-refractivity contribution in [1.82, 2.24) is 5.32 Å². The maximum Gasteiger partial charge on any atom is 0.317 e. The van der Waals surface area contributed by atoms with E-state index in [0.29, 0.717) is 12.5 Å². The van der Waals surface area contributed by atoms with Crippen LogP contribution in [0.5, 0.6) is 0 Å². The number of carboxylic acids is 1. The summed E-state index contributed by atoms with van der Waals surface area (Å²) in [5, 5.41) is 11.3. The van der Waals surface area contributed by atoms with Gasteiger partial charge in [-0.15, -0.1) is 0 Å². The molecule has 0 amide bonds. The van der Waals surface area contributed by atoms with Crippen LogP contribution < -0.4 is 5.32 Å². The monoisotopic (exact) mass is 175 g/mol. The number of ether oxygens (including phenoxy) is 1. The lowest BCUT2D eigenvalue weighted by Gasteiger charge is -2.20. The van der Waals surface area contributed by atoms with Crippen LogP contribution >= 0.6 is 0 Å². The van der Waals surface area contributed by atoms with Crippen LogP contribution in [-0.2, 0) is 9.53 Å². The van der Waals surface area contributed by atoms with E-state index in [9.17, 15) is 4.79 Å². The number of carboxylic acid groups (broad SMARTS) is 1. The second-order valence-corrected chi connectivity index (χ2v) is 3.08. The Morgan fingerprint density at radius 2 is 2.17 bits per heavy atom. The molecule has 0 aromatic carbocycles. The molecule has 0 aromatic heterocycles. The molecule has 0 radical (unpaired) electrons. The van der Waals surface area contributed by atoms with Crippen molar-refractivity contribution in [2.75, 3.05) is 20.3 Å². The Labute approximate surface area is 72.9 Å². The first-order valence-corrected chi connectivity index (χ1v) is 4.02. The second-order valence-electron chi connectivity index (χ2n) is 3.08. The average molecular weight is 175 g/mol. The van der Waals surface area contributed by atoms with Gasteiger partial charge in [-0.25, -0.2) is 0 Å². The van der Waals surface area contributed by atoms with Gasteiger partial charge in [-0.2, -0.15) is 0 Å².